The molecule has 1 N–H and O–H groups in total. The van der Waals surface area contributed by atoms with Crippen molar-refractivity contribution < 1.29 is 22.8 Å². The largest absolute Gasteiger partial charge is 0.401 e. The van der Waals surface area contributed by atoms with Gasteiger partial charge in [-0.1, -0.05) is 66.7 Å². The molecule has 1 aliphatic rings. The standard InChI is InChI=1S/C24H22F3N3O2/c1-23(20-12-11-18-9-5-6-10-19(18)13-20)21(31)30(22(32)28-23)16-29(15-24(25,26)27)14-17-7-3-2-4-8-17/h2-13H,14-16H2,1H3,(H,28,32). The van der Waals surface area contributed by atoms with Gasteiger partial charge in [-0.05, 0) is 34.9 Å². The third kappa shape index (κ3) is 4.45. The van der Waals surface area contributed by atoms with Crippen LogP contribution in [0.3, 0.4) is 0 Å². The molecule has 1 fully saturated rings. The molecule has 166 valence electrons. The van der Waals surface area contributed by atoms with Crippen molar-refractivity contribution in [2.24, 2.45) is 0 Å². The fourth-order valence-electron chi connectivity index (χ4n) is 3.97. The summed E-state index contributed by atoms with van der Waals surface area (Å²) >= 11 is 0. The normalized spacial score (nSPS) is 19.1. The summed E-state index contributed by atoms with van der Waals surface area (Å²) in [6.45, 7) is -0.194. The van der Waals surface area contributed by atoms with E-state index in [1.807, 2.05) is 36.4 Å². The summed E-state index contributed by atoms with van der Waals surface area (Å²) in [5.74, 6) is -0.585. The predicted octanol–water partition coefficient (Wildman–Crippen LogP) is 4.63. The molecule has 32 heavy (non-hydrogen) atoms. The fourth-order valence-corrected chi connectivity index (χ4v) is 3.97. The Morgan fingerprint density at radius 2 is 1.59 bits per heavy atom. The number of rotatable bonds is 6. The zero-order valence-corrected chi connectivity index (χ0v) is 17.4. The highest BCUT2D eigenvalue weighted by atomic mass is 19.4. The molecule has 5 nitrogen and oxygen atoms in total. The van der Waals surface area contributed by atoms with Crippen LogP contribution in [0.2, 0.25) is 0 Å². The van der Waals surface area contributed by atoms with Crippen molar-refractivity contribution >= 4 is 22.7 Å². The Morgan fingerprint density at radius 1 is 0.938 bits per heavy atom. The van der Waals surface area contributed by atoms with Gasteiger partial charge in [0, 0.05) is 6.54 Å². The van der Waals surface area contributed by atoms with E-state index in [2.05, 4.69) is 5.32 Å². The summed E-state index contributed by atoms with van der Waals surface area (Å²) in [7, 11) is 0. The molecule has 3 amide bonds. The Morgan fingerprint density at radius 3 is 2.28 bits per heavy atom. The lowest BCUT2D eigenvalue weighted by atomic mass is 9.90. The van der Waals surface area contributed by atoms with Crippen LogP contribution in [0.5, 0.6) is 0 Å². The van der Waals surface area contributed by atoms with Crippen LogP contribution in [0.1, 0.15) is 18.1 Å². The SMILES string of the molecule is CC1(c2ccc3ccccc3c2)NC(=O)N(CN(Cc2ccccc2)CC(F)(F)F)C1=O. The van der Waals surface area contributed by atoms with Crippen LogP contribution in [0.15, 0.2) is 72.8 Å². The molecule has 1 heterocycles. The molecular formula is C24H22F3N3O2. The number of benzene rings is 3. The second-order valence-corrected chi connectivity index (χ2v) is 8.08. The molecular weight excluding hydrogens is 419 g/mol. The summed E-state index contributed by atoms with van der Waals surface area (Å²) in [6, 6.07) is 20.9. The zero-order valence-electron chi connectivity index (χ0n) is 17.4. The third-order valence-electron chi connectivity index (χ3n) is 5.60. The first-order valence-corrected chi connectivity index (χ1v) is 10.1. The van der Waals surface area contributed by atoms with Gasteiger partial charge in [-0.2, -0.15) is 13.2 Å². The number of imide groups is 1. The van der Waals surface area contributed by atoms with Crippen molar-refractivity contribution in [3.05, 3.63) is 83.9 Å². The first-order chi connectivity index (χ1) is 15.2. The van der Waals surface area contributed by atoms with Gasteiger partial charge in [0.1, 0.15) is 5.54 Å². The van der Waals surface area contributed by atoms with Crippen LogP contribution in [0.4, 0.5) is 18.0 Å². The monoisotopic (exact) mass is 441 g/mol. The molecule has 0 spiro atoms. The lowest BCUT2D eigenvalue weighted by Gasteiger charge is -2.28. The first kappa shape index (κ1) is 21.8. The Balaban J connectivity index is 1.59. The quantitative estimate of drug-likeness (QED) is 0.568. The van der Waals surface area contributed by atoms with Gasteiger partial charge >= 0.3 is 12.2 Å². The summed E-state index contributed by atoms with van der Waals surface area (Å²) < 4.78 is 39.6. The molecule has 8 heteroatoms. The minimum absolute atomic E-state index is 0.0515. The number of hydrogen-bond acceptors (Lipinski definition) is 3. The summed E-state index contributed by atoms with van der Waals surface area (Å²) in [5.41, 5.74) is -0.138. The van der Waals surface area contributed by atoms with Crippen LogP contribution in [-0.4, -0.2) is 41.1 Å². The average molecular weight is 441 g/mol. The number of nitrogens with zero attached hydrogens (tertiary/aromatic N) is 2. The highest BCUT2D eigenvalue weighted by Gasteiger charge is 2.49. The number of nitrogens with one attached hydrogen (secondary N) is 1. The van der Waals surface area contributed by atoms with Crippen LogP contribution in [0.25, 0.3) is 10.8 Å². The van der Waals surface area contributed by atoms with Crippen molar-refractivity contribution in [1.82, 2.24) is 15.1 Å². The van der Waals surface area contributed by atoms with Gasteiger partial charge in [-0.25, -0.2) is 9.69 Å². The highest BCUT2D eigenvalue weighted by Crippen LogP contribution is 2.31. The van der Waals surface area contributed by atoms with Gasteiger partial charge < -0.3 is 5.32 Å². The summed E-state index contributed by atoms with van der Waals surface area (Å²) in [5, 5.41) is 4.55. The minimum Gasteiger partial charge on any atom is -0.319 e. The van der Waals surface area contributed by atoms with Crippen LogP contribution in [-0.2, 0) is 16.9 Å². The summed E-state index contributed by atoms with van der Waals surface area (Å²) in [6.07, 6.45) is -4.48. The number of amides is 3. The van der Waals surface area contributed by atoms with Crippen molar-refractivity contribution in [2.75, 3.05) is 13.2 Å². The number of carbonyl (C=O) groups is 2. The number of hydrogen-bond donors (Lipinski definition) is 1. The topological polar surface area (TPSA) is 52.7 Å². The number of alkyl halides is 3. The van der Waals surface area contributed by atoms with E-state index in [0.717, 1.165) is 20.6 Å². The van der Waals surface area contributed by atoms with E-state index in [9.17, 15) is 22.8 Å². The van der Waals surface area contributed by atoms with E-state index in [1.54, 1.807) is 43.3 Å². The van der Waals surface area contributed by atoms with Gasteiger partial charge in [0.25, 0.3) is 5.91 Å². The van der Waals surface area contributed by atoms with E-state index in [-0.39, 0.29) is 6.54 Å². The minimum atomic E-state index is -4.48. The molecule has 3 aromatic carbocycles. The number of halogens is 3. The van der Waals surface area contributed by atoms with E-state index < -0.39 is 36.9 Å². The Kier molecular flexibility index (Phi) is 5.64. The molecule has 0 aliphatic carbocycles. The number of carbonyl (C=O) groups excluding carboxylic acids is 2. The van der Waals surface area contributed by atoms with Gasteiger partial charge in [-0.15, -0.1) is 0 Å². The predicted molar refractivity (Wildman–Crippen MR) is 114 cm³/mol. The molecule has 3 aromatic rings. The second-order valence-electron chi connectivity index (χ2n) is 8.08. The molecule has 0 bridgehead atoms. The van der Waals surface area contributed by atoms with Gasteiger partial charge in [0.15, 0.2) is 0 Å². The smallest absolute Gasteiger partial charge is 0.319 e. The zero-order chi connectivity index (χ0) is 22.9. The maximum atomic E-state index is 13.3. The molecule has 4 rings (SSSR count). The molecule has 1 unspecified atom stereocenters. The van der Waals surface area contributed by atoms with Crippen molar-refractivity contribution in [3.8, 4) is 0 Å². The Hall–Kier alpha value is -3.39. The lowest BCUT2D eigenvalue weighted by molar-refractivity contribution is -0.154. The van der Waals surface area contributed by atoms with E-state index >= 15 is 0 Å². The number of urea groups is 1. The molecule has 1 aliphatic heterocycles. The highest BCUT2D eigenvalue weighted by molar-refractivity contribution is 6.07. The van der Waals surface area contributed by atoms with Crippen molar-refractivity contribution in [3.63, 3.8) is 0 Å². The average Bonchev–Trinajstić information content (AvgIpc) is 2.97. The van der Waals surface area contributed by atoms with Gasteiger partial charge in [0.2, 0.25) is 0 Å². The van der Waals surface area contributed by atoms with Crippen LogP contribution < -0.4 is 5.32 Å². The van der Waals surface area contributed by atoms with Gasteiger partial charge in [-0.3, -0.25) is 9.69 Å². The van der Waals surface area contributed by atoms with Crippen molar-refractivity contribution in [2.45, 2.75) is 25.2 Å². The number of fused-ring (bicyclic) bond motifs is 1. The maximum absolute atomic E-state index is 13.3. The maximum Gasteiger partial charge on any atom is 0.401 e. The van der Waals surface area contributed by atoms with Gasteiger partial charge in [0.05, 0.1) is 13.2 Å². The first-order valence-electron chi connectivity index (χ1n) is 10.1. The molecule has 1 saturated heterocycles. The lowest BCUT2D eigenvalue weighted by Crippen LogP contribution is -2.46. The third-order valence-corrected chi connectivity index (χ3v) is 5.60. The van der Waals surface area contributed by atoms with E-state index in [1.165, 1.54) is 0 Å². The Labute approximate surface area is 183 Å². The van der Waals surface area contributed by atoms with Crippen molar-refractivity contribution in [1.29, 1.82) is 0 Å². The molecule has 1 atom stereocenters. The second kappa shape index (κ2) is 8.27. The molecule has 0 aromatic heterocycles. The summed E-state index contributed by atoms with van der Waals surface area (Å²) in [4.78, 5) is 27.8. The fraction of sp³-hybridized carbons (Fsp3) is 0.250. The van der Waals surface area contributed by atoms with E-state index in [0.29, 0.717) is 11.1 Å². The molecule has 0 saturated carbocycles. The van der Waals surface area contributed by atoms with Crippen LogP contribution in [0, 0.1) is 0 Å². The Bertz CT molecular complexity index is 1150. The van der Waals surface area contributed by atoms with E-state index in [4.69, 9.17) is 0 Å². The molecule has 0 radical (unpaired) electrons. The van der Waals surface area contributed by atoms with Crippen LogP contribution >= 0.6 is 0 Å².